The summed E-state index contributed by atoms with van der Waals surface area (Å²) >= 11 is 0. The maximum atomic E-state index is 3.64. The normalized spacial score (nSPS) is 9.43. The van der Waals surface area contributed by atoms with Gasteiger partial charge in [-0.15, -0.1) is 0 Å². The van der Waals surface area contributed by atoms with Crippen LogP contribution in [0.15, 0.2) is 87.5 Å². The molecule has 30 heavy (non-hydrogen) atoms. The predicted molar refractivity (Wildman–Crippen MR) is 116 cm³/mol. The maximum Gasteiger partial charge on any atom is 0.243 e. The summed E-state index contributed by atoms with van der Waals surface area (Å²) in [6.45, 7) is 4.52. The smallest absolute Gasteiger partial charge is 0.240 e. The van der Waals surface area contributed by atoms with E-state index in [9.17, 15) is 0 Å². The van der Waals surface area contributed by atoms with E-state index in [1.165, 1.54) is 0 Å². The molecule has 0 atom stereocenters. The molecule has 0 spiro atoms. The molecule has 8 nitrogen and oxygen atoms in total. The number of aromatic nitrogens is 8. The molecule has 0 N–H and O–H groups in total. The zero-order valence-electron chi connectivity index (χ0n) is 19.5. The second kappa shape index (κ2) is 12.9. The van der Waals surface area contributed by atoms with E-state index in [-0.39, 0.29) is 0 Å². The summed E-state index contributed by atoms with van der Waals surface area (Å²) in [6, 6.07) is 0. The first-order chi connectivity index (χ1) is 14.2. The summed E-state index contributed by atoms with van der Waals surface area (Å²) in [7, 11) is 14.0. The van der Waals surface area contributed by atoms with Gasteiger partial charge in [0.1, 0.15) is 56.1 Å². The summed E-state index contributed by atoms with van der Waals surface area (Å²) in [6.07, 6.45) is 25.9. The van der Waals surface area contributed by atoms with Crippen molar-refractivity contribution in [2.24, 2.45) is 49.3 Å². The SMILES string of the molecule is C=CCn1cc[n+](C)c1.Cn1cc[n+](C)c1.Cn1cc[n+](C)c1.Cn1cc[n+](C)c1. The van der Waals surface area contributed by atoms with Gasteiger partial charge in [-0.3, -0.25) is 0 Å². The van der Waals surface area contributed by atoms with Crippen LogP contribution in [0, 0.1) is 0 Å². The monoisotopic (exact) mass is 414 g/mol. The molecule has 162 valence electrons. The highest BCUT2D eigenvalue weighted by Crippen LogP contribution is 1.82. The van der Waals surface area contributed by atoms with E-state index in [2.05, 4.69) is 11.1 Å². The van der Waals surface area contributed by atoms with Gasteiger partial charge in [-0.25, -0.2) is 36.5 Å². The van der Waals surface area contributed by atoms with Gasteiger partial charge in [0, 0.05) is 0 Å². The van der Waals surface area contributed by atoms with Crippen molar-refractivity contribution in [1.29, 1.82) is 0 Å². The van der Waals surface area contributed by atoms with Crippen LogP contribution in [0.4, 0.5) is 0 Å². The van der Waals surface area contributed by atoms with Crippen molar-refractivity contribution in [2.75, 3.05) is 0 Å². The molecule has 0 aliphatic carbocycles. The molecule has 4 aromatic rings. The third-order valence-corrected chi connectivity index (χ3v) is 3.87. The van der Waals surface area contributed by atoms with Crippen molar-refractivity contribution < 1.29 is 18.3 Å². The van der Waals surface area contributed by atoms with Gasteiger partial charge in [-0.1, -0.05) is 12.7 Å². The molecule has 0 aromatic carbocycles. The lowest BCUT2D eigenvalue weighted by atomic mass is 10.6. The maximum absolute atomic E-state index is 3.64. The van der Waals surface area contributed by atoms with Crippen molar-refractivity contribution in [3.63, 3.8) is 0 Å². The van der Waals surface area contributed by atoms with E-state index in [0.29, 0.717) is 0 Å². The zero-order chi connectivity index (χ0) is 22.5. The average Bonchev–Trinajstić information content (AvgIpc) is 3.44. The molecule has 0 saturated carbocycles. The third-order valence-electron chi connectivity index (χ3n) is 3.87. The van der Waals surface area contributed by atoms with Gasteiger partial charge in [0.25, 0.3) is 0 Å². The fourth-order valence-electron chi connectivity index (χ4n) is 2.48. The number of aryl methyl sites for hydroxylation is 7. The van der Waals surface area contributed by atoms with E-state index in [1.807, 2.05) is 162 Å². The Bertz CT molecular complexity index is 846. The molecule has 0 amide bonds. The predicted octanol–water partition coefficient (Wildman–Crippen LogP) is 0.0474. The minimum Gasteiger partial charge on any atom is -0.240 e. The number of rotatable bonds is 2. The van der Waals surface area contributed by atoms with Crippen LogP contribution in [-0.4, -0.2) is 18.3 Å². The van der Waals surface area contributed by atoms with Crippen molar-refractivity contribution in [3.8, 4) is 0 Å². The summed E-state index contributed by atoms with van der Waals surface area (Å²) < 4.78 is 16.1. The molecule has 8 heteroatoms. The number of hydrogen-bond acceptors (Lipinski definition) is 0. The topological polar surface area (TPSA) is 35.2 Å². The molecular formula is C22H38N8+4. The van der Waals surface area contributed by atoms with Crippen LogP contribution in [0.1, 0.15) is 0 Å². The Hall–Kier alpha value is -3.42. The third kappa shape index (κ3) is 10.8. The lowest BCUT2D eigenvalue weighted by molar-refractivity contribution is -0.671. The van der Waals surface area contributed by atoms with Crippen LogP contribution < -0.4 is 18.3 Å². The molecule has 0 radical (unpaired) electrons. The van der Waals surface area contributed by atoms with E-state index in [4.69, 9.17) is 0 Å². The van der Waals surface area contributed by atoms with Gasteiger partial charge in [0.15, 0.2) is 0 Å². The van der Waals surface area contributed by atoms with Gasteiger partial charge < -0.3 is 0 Å². The quantitative estimate of drug-likeness (QED) is 0.328. The Morgan fingerprint density at radius 2 is 0.933 bits per heavy atom. The van der Waals surface area contributed by atoms with E-state index < -0.39 is 0 Å². The van der Waals surface area contributed by atoms with Gasteiger partial charge in [0.2, 0.25) is 25.3 Å². The first-order valence-corrected chi connectivity index (χ1v) is 9.73. The molecule has 0 aliphatic rings. The van der Waals surface area contributed by atoms with Gasteiger partial charge in [-0.05, 0) is 0 Å². The van der Waals surface area contributed by atoms with Crippen LogP contribution >= 0.6 is 0 Å². The molecule has 4 rings (SSSR count). The van der Waals surface area contributed by atoms with E-state index in [0.717, 1.165) is 6.54 Å². The van der Waals surface area contributed by atoms with Crippen LogP contribution in [0.2, 0.25) is 0 Å². The number of imidazole rings is 4. The van der Waals surface area contributed by atoms with E-state index in [1.54, 1.807) is 0 Å². The Morgan fingerprint density at radius 3 is 1.10 bits per heavy atom. The molecule has 0 saturated heterocycles. The molecule has 0 unspecified atom stereocenters. The first kappa shape index (κ1) is 24.6. The first-order valence-electron chi connectivity index (χ1n) is 9.73. The summed E-state index contributed by atoms with van der Waals surface area (Å²) in [5.41, 5.74) is 0. The molecule has 0 bridgehead atoms. The van der Waals surface area contributed by atoms with Crippen molar-refractivity contribution in [2.45, 2.75) is 6.54 Å². The largest absolute Gasteiger partial charge is 0.243 e. The molecular weight excluding hydrogens is 376 g/mol. The molecule has 4 heterocycles. The van der Waals surface area contributed by atoms with Crippen molar-refractivity contribution in [1.82, 2.24) is 18.3 Å². The second-order valence-electron chi connectivity index (χ2n) is 7.30. The summed E-state index contributed by atoms with van der Waals surface area (Å²) in [5.74, 6) is 0. The van der Waals surface area contributed by atoms with Gasteiger partial charge in [-0.2, -0.15) is 0 Å². The van der Waals surface area contributed by atoms with E-state index >= 15 is 0 Å². The number of hydrogen-bond donors (Lipinski definition) is 0. The summed E-state index contributed by atoms with van der Waals surface area (Å²) in [5, 5.41) is 0. The Morgan fingerprint density at radius 1 is 0.600 bits per heavy atom. The van der Waals surface area contributed by atoms with Crippen LogP contribution in [0.25, 0.3) is 0 Å². The summed E-state index contributed by atoms with van der Waals surface area (Å²) in [4.78, 5) is 0. The molecule has 0 aliphatic heterocycles. The highest BCUT2D eigenvalue weighted by atomic mass is 15.1. The van der Waals surface area contributed by atoms with Crippen LogP contribution in [0.5, 0.6) is 0 Å². The number of allylic oxidation sites excluding steroid dienone is 1. The molecule has 4 aromatic heterocycles. The Kier molecular flexibility index (Phi) is 10.6. The Labute approximate surface area is 180 Å². The number of nitrogens with zero attached hydrogens (tertiary/aromatic N) is 8. The fraction of sp³-hybridized carbons (Fsp3) is 0.364. The zero-order valence-corrected chi connectivity index (χ0v) is 19.5. The van der Waals surface area contributed by atoms with Gasteiger partial charge >= 0.3 is 0 Å². The molecule has 0 fully saturated rings. The standard InChI is InChI=1S/C7H11N2.3C5H9N2/c1-3-4-9-6-5-8(2)7-9;3*1-6-3-4-7(2)5-6/h3,5-7H,1,4H2,2H3;3*3-5H,1-2H3/q4*+1. The second-order valence-corrected chi connectivity index (χ2v) is 7.30. The average molecular weight is 415 g/mol. The minimum atomic E-state index is 0.890. The van der Waals surface area contributed by atoms with Crippen molar-refractivity contribution >= 4 is 0 Å². The highest BCUT2D eigenvalue weighted by Gasteiger charge is 1.93. The lowest BCUT2D eigenvalue weighted by Gasteiger charge is -1.83. The Balaban J connectivity index is 0.000000201. The minimum absolute atomic E-state index is 0.890. The van der Waals surface area contributed by atoms with Crippen LogP contribution in [-0.2, 0) is 55.9 Å². The van der Waals surface area contributed by atoms with Gasteiger partial charge in [0.05, 0.1) is 49.3 Å². The lowest BCUT2D eigenvalue weighted by Crippen LogP contribution is -2.23. The van der Waals surface area contributed by atoms with Crippen LogP contribution in [0.3, 0.4) is 0 Å². The van der Waals surface area contributed by atoms with Crippen molar-refractivity contribution in [3.05, 3.63) is 87.5 Å². The fourth-order valence-corrected chi connectivity index (χ4v) is 2.48. The highest BCUT2D eigenvalue weighted by molar-refractivity contribution is 4.73.